The largest absolute Gasteiger partial charge is 0.396 e. The van der Waals surface area contributed by atoms with Gasteiger partial charge >= 0.3 is 6.03 Å². The van der Waals surface area contributed by atoms with Crippen molar-refractivity contribution in [1.82, 2.24) is 10.6 Å². The molecule has 0 spiro atoms. The van der Waals surface area contributed by atoms with Crippen LogP contribution in [0, 0.1) is 5.41 Å². The van der Waals surface area contributed by atoms with Crippen LogP contribution in [0.4, 0.5) is 4.79 Å². The van der Waals surface area contributed by atoms with Crippen LogP contribution in [0.2, 0.25) is 0 Å². The van der Waals surface area contributed by atoms with E-state index < -0.39 is 0 Å². The molecule has 0 radical (unpaired) electrons. The smallest absolute Gasteiger partial charge is 0.315 e. The van der Waals surface area contributed by atoms with E-state index in [2.05, 4.69) is 10.6 Å². The average molecular weight is 334 g/mol. The second-order valence-corrected chi connectivity index (χ2v) is 7.30. The molecule has 1 aliphatic rings. The molecular weight excluding hydrogens is 304 g/mol. The van der Waals surface area contributed by atoms with Gasteiger partial charge < -0.3 is 20.5 Å². The number of aliphatic hydroxyl groups is 1. The summed E-state index contributed by atoms with van der Waals surface area (Å²) in [5.41, 5.74) is 0.790. The van der Waals surface area contributed by atoms with Crippen molar-refractivity contribution in [3.63, 3.8) is 0 Å². The lowest BCUT2D eigenvalue weighted by Gasteiger charge is -2.33. The number of urea groups is 1. The maximum atomic E-state index is 12.2. The molecule has 24 heavy (non-hydrogen) atoms. The first kappa shape index (κ1) is 18.7. The Morgan fingerprint density at radius 1 is 1.38 bits per heavy atom. The van der Waals surface area contributed by atoms with Gasteiger partial charge in [-0.1, -0.05) is 44.2 Å². The van der Waals surface area contributed by atoms with E-state index >= 15 is 0 Å². The number of rotatable bonds is 7. The third-order valence-electron chi connectivity index (χ3n) is 4.90. The normalized spacial score (nSPS) is 20.4. The summed E-state index contributed by atoms with van der Waals surface area (Å²) in [7, 11) is 0. The molecule has 1 aromatic carbocycles. The molecule has 2 amide bonds. The van der Waals surface area contributed by atoms with Gasteiger partial charge in [0, 0.05) is 25.7 Å². The quantitative estimate of drug-likeness (QED) is 0.718. The zero-order chi connectivity index (χ0) is 17.6. The molecule has 1 saturated heterocycles. The lowest BCUT2D eigenvalue weighted by Crippen LogP contribution is -2.47. The van der Waals surface area contributed by atoms with Crippen LogP contribution in [0.15, 0.2) is 30.3 Å². The van der Waals surface area contributed by atoms with Crippen molar-refractivity contribution < 1.29 is 14.6 Å². The number of hydrogen-bond donors (Lipinski definition) is 3. The van der Waals surface area contributed by atoms with Crippen LogP contribution in [0.25, 0.3) is 0 Å². The van der Waals surface area contributed by atoms with E-state index in [4.69, 9.17) is 4.74 Å². The number of ether oxygens (including phenoxy) is 1. The first-order chi connectivity index (χ1) is 11.4. The van der Waals surface area contributed by atoms with Gasteiger partial charge in [0.2, 0.25) is 0 Å². The van der Waals surface area contributed by atoms with Crippen molar-refractivity contribution in [2.45, 2.75) is 51.7 Å². The number of nitrogens with one attached hydrogen (secondary N) is 2. The van der Waals surface area contributed by atoms with Crippen LogP contribution in [-0.4, -0.2) is 43.0 Å². The van der Waals surface area contributed by atoms with Gasteiger partial charge in [0.15, 0.2) is 0 Å². The number of amides is 2. The molecular formula is C19H30N2O3. The lowest BCUT2D eigenvalue weighted by atomic mass is 9.75. The Morgan fingerprint density at radius 3 is 2.67 bits per heavy atom. The van der Waals surface area contributed by atoms with E-state index in [1.807, 2.05) is 51.1 Å². The monoisotopic (exact) mass is 334 g/mol. The molecule has 0 saturated carbocycles. The second kappa shape index (κ2) is 8.49. The highest BCUT2D eigenvalue weighted by Gasteiger charge is 2.31. The summed E-state index contributed by atoms with van der Waals surface area (Å²) in [6.07, 6.45) is 2.15. The van der Waals surface area contributed by atoms with Gasteiger partial charge in [0.25, 0.3) is 0 Å². The van der Waals surface area contributed by atoms with E-state index in [1.54, 1.807) is 0 Å². The van der Waals surface area contributed by atoms with Gasteiger partial charge in [0.05, 0.1) is 12.1 Å². The van der Waals surface area contributed by atoms with Crippen LogP contribution in [0.1, 0.15) is 45.1 Å². The SMILES string of the molecule is CC(NC(=O)NCC(c1ccccc1)C(C)(C)CO)C1CCCO1. The van der Waals surface area contributed by atoms with E-state index in [-0.39, 0.29) is 36.1 Å². The number of aliphatic hydroxyl groups excluding tert-OH is 1. The molecule has 134 valence electrons. The molecule has 3 atom stereocenters. The predicted molar refractivity (Wildman–Crippen MR) is 95.0 cm³/mol. The van der Waals surface area contributed by atoms with Crippen LogP contribution in [0.3, 0.4) is 0 Å². The molecule has 0 aromatic heterocycles. The third kappa shape index (κ3) is 4.95. The maximum absolute atomic E-state index is 12.2. The van der Waals surface area contributed by atoms with Crippen molar-refractivity contribution in [2.75, 3.05) is 19.8 Å². The van der Waals surface area contributed by atoms with E-state index in [0.717, 1.165) is 25.0 Å². The highest BCUT2D eigenvalue weighted by molar-refractivity contribution is 5.74. The van der Waals surface area contributed by atoms with Crippen LogP contribution in [0.5, 0.6) is 0 Å². The van der Waals surface area contributed by atoms with Gasteiger partial charge in [-0.25, -0.2) is 4.79 Å². The van der Waals surface area contributed by atoms with Crippen molar-refractivity contribution in [1.29, 1.82) is 0 Å². The summed E-state index contributed by atoms with van der Waals surface area (Å²) in [6, 6.07) is 9.81. The van der Waals surface area contributed by atoms with E-state index in [9.17, 15) is 9.90 Å². The Bertz CT molecular complexity index is 513. The van der Waals surface area contributed by atoms with E-state index in [0.29, 0.717) is 6.54 Å². The third-order valence-corrected chi connectivity index (χ3v) is 4.90. The molecule has 1 fully saturated rings. The standard InChI is InChI=1S/C19H30N2O3/c1-14(17-10-7-11-24-17)21-18(23)20-12-16(19(2,3)13-22)15-8-5-4-6-9-15/h4-6,8-9,14,16-17,22H,7,10-13H2,1-3H3,(H2,20,21,23). The van der Waals surface area contributed by atoms with Crippen molar-refractivity contribution >= 4 is 6.03 Å². The molecule has 0 bridgehead atoms. The fourth-order valence-electron chi connectivity index (χ4n) is 3.18. The summed E-state index contributed by atoms with van der Waals surface area (Å²) in [5.74, 6) is 0.0347. The Hall–Kier alpha value is -1.59. The summed E-state index contributed by atoms with van der Waals surface area (Å²) in [5, 5.41) is 15.7. The molecule has 3 unspecified atom stereocenters. The number of carbonyl (C=O) groups is 1. The zero-order valence-corrected chi connectivity index (χ0v) is 14.9. The second-order valence-electron chi connectivity index (χ2n) is 7.30. The predicted octanol–water partition coefficient (Wildman–Crippen LogP) is 2.66. The van der Waals surface area contributed by atoms with Gasteiger partial charge in [-0.05, 0) is 30.7 Å². The first-order valence-corrected chi connectivity index (χ1v) is 8.76. The molecule has 1 heterocycles. The minimum atomic E-state index is -0.325. The zero-order valence-electron chi connectivity index (χ0n) is 14.9. The summed E-state index contributed by atoms with van der Waals surface area (Å²) < 4.78 is 5.61. The minimum Gasteiger partial charge on any atom is -0.396 e. The highest BCUT2D eigenvalue weighted by Crippen LogP contribution is 2.34. The number of hydrogen-bond acceptors (Lipinski definition) is 3. The highest BCUT2D eigenvalue weighted by atomic mass is 16.5. The van der Waals surface area contributed by atoms with Crippen molar-refractivity contribution in [2.24, 2.45) is 5.41 Å². The molecule has 3 N–H and O–H groups in total. The topological polar surface area (TPSA) is 70.6 Å². The van der Waals surface area contributed by atoms with Crippen LogP contribution in [-0.2, 0) is 4.74 Å². The van der Waals surface area contributed by atoms with Gasteiger partial charge in [-0.15, -0.1) is 0 Å². The van der Waals surface area contributed by atoms with Crippen molar-refractivity contribution in [3.05, 3.63) is 35.9 Å². The molecule has 5 heteroatoms. The fraction of sp³-hybridized carbons (Fsp3) is 0.632. The lowest BCUT2D eigenvalue weighted by molar-refractivity contribution is 0.0857. The Labute approximate surface area is 144 Å². The Morgan fingerprint density at radius 2 is 2.08 bits per heavy atom. The van der Waals surface area contributed by atoms with Crippen LogP contribution >= 0.6 is 0 Å². The Balaban J connectivity index is 1.93. The Kier molecular flexibility index (Phi) is 6.63. The van der Waals surface area contributed by atoms with Crippen LogP contribution < -0.4 is 10.6 Å². The van der Waals surface area contributed by atoms with Gasteiger partial charge in [-0.3, -0.25) is 0 Å². The summed E-state index contributed by atoms with van der Waals surface area (Å²) >= 11 is 0. The van der Waals surface area contributed by atoms with Gasteiger partial charge in [0.1, 0.15) is 0 Å². The molecule has 1 aliphatic heterocycles. The van der Waals surface area contributed by atoms with Gasteiger partial charge in [-0.2, -0.15) is 0 Å². The molecule has 2 rings (SSSR count). The first-order valence-electron chi connectivity index (χ1n) is 8.76. The molecule has 0 aliphatic carbocycles. The number of carbonyl (C=O) groups excluding carboxylic acids is 1. The average Bonchev–Trinajstić information content (AvgIpc) is 3.10. The maximum Gasteiger partial charge on any atom is 0.315 e. The molecule has 1 aromatic rings. The van der Waals surface area contributed by atoms with E-state index in [1.165, 1.54) is 0 Å². The fourth-order valence-corrected chi connectivity index (χ4v) is 3.18. The number of benzene rings is 1. The minimum absolute atomic E-state index is 0.00599. The van der Waals surface area contributed by atoms with Crippen molar-refractivity contribution in [3.8, 4) is 0 Å². The molecule has 5 nitrogen and oxygen atoms in total. The summed E-state index contributed by atoms with van der Waals surface area (Å²) in [4.78, 5) is 12.2. The summed E-state index contributed by atoms with van der Waals surface area (Å²) in [6.45, 7) is 7.31.